The summed E-state index contributed by atoms with van der Waals surface area (Å²) in [5.74, 6) is -0.136. The molecule has 3 heterocycles. The lowest BCUT2D eigenvalue weighted by molar-refractivity contribution is 0.0342. The van der Waals surface area contributed by atoms with E-state index >= 15 is 0 Å². The van der Waals surface area contributed by atoms with Gasteiger partial charge >= 0.3 is 0 Å². The molecular formula is C18H23F2N5O2. The van der Waals surface area contributed by atoms with Gasteiger partial charge in [-0.15, -0.1) is 0 Å². The highest BCUT2D eigenvalue weighted by molar-refractivity contribution is 5.93. The minimum absolute atomic E-state index is 0.0926. The predicted octanol–water partition coefficient (Wildman–Crippen LogP) is 1.99. The second-order valence-corrected chi connectivity index (χ2v) is 7.27. The Balaban J connectivity index is 1.50. The van der Waals surface area contributed by atoms with Crippen LogP contribution in [0, 0.1) is 0 Å². The van der Waals surface area contributed by atoms with E-state index in [2.05, 4.69) is 20.3 Å². The minimum Gasteiger partial charge on any atom is -0.379 e. The molecule has 1 amide bonds. The fourth-order valence-electron chi connectivity index (χ4n) is 3.39. The number of halogens is 2. The van der Waals surface area contributed by atoms with Crippen LogP contribution in [-0.2, 0) is 4.74 Å². The van der Waals surface area contributed by atoms with Crippen molar-refractivity contribution in [2.45, 2.75) is 38.2 Å². The van der Waals surface area contributed by atoms with Crippen molar-refractivity contribution in [3.8, 4) is 0 Å². The first-order valence-electron chi connectivity index (χ1n) is 9.31. The standard InChI is InChI=1S/C18H23F2N5O2/c1-11(10-24-4-6-27-7-5-24)21-18(26)14-9-16-22-13(12-2-3-12)8-15(17(19)20)25(16)23-14/h8-9,11-12,17H,2-7,10H2,1H3,(H,21,26)/t11-/m1/s1. The molecule has 7 nitrogen and oxygen atoms in total. The first kappa shape index (κ1) is 18.2. The zero-order valence-corrected chi connectivity index (χ0v) is 15.2. The van der Waals surface area contributed by atoms with Crippen molar-refractivity contribution in [1.82, 2.24) is 24.8 Å². The third-order valence-electron chi connectivity index (χ3n) is 4.94. The number of aromatic nitrogens is 3. The molecule has 1 aliphatic carbocycles. The first-order valence-corrected chi connectivity index (χ1v) is 9.31. The lowest BCUT2D eigenvalue weighted by Gasteiger charge is -2.29. The lowest BCUT2D eigenvalue weighted by atomic mass is 10.2. The van der Waals surface area contributed by atoms with Crippen LogP contribution in [0.2, 0.25) is 0 Å². The van der Waals surface area contributed by atoms with Crippen molar-refractivity contribution in [2.24, 2.45) is 0 Å². The van der Waals surface area contributed by atoms with Crippen molar-refractivity contribution in [3.05, 3.63) is 29.2 Å². The summed E-state index contributed by atoms with van der Waals surface area (Å²) in [6.07, 6.45) is -0.747. The normalized spacial score (nSPS) is 19.6. The number of carbonyl (C=O) groups excluding carboxylic acids is 1. The molecular weight excluding hydrogens is 356 g/mol. The molecule has 1 saturated heterocycles. The van der Waals surface area contributed by atoms with E-state index in [1.807, 2.05) is 6.92 Å². The Morgan fingerprint density at radius 3 is 2.74 bits per heavy atom. The molecule has 4 rings (SSSR count). The quantitative estimate of drug-likeness (QED) is 0.831. The summed E-state index contributed by atoms with van der Waals surface area (Å²) < 4.78 is 33.3. The fourth-order valence-corrected chi connectivity index (χ4v) is 3.39. The highest BCUT2D eigenvalue weighted by Crippen LogP contribution is 2.40. The van der Waals surface area contributed by atoms with Crippen molar-refractivity contribution < 1.29 is 18.3 Å². The molecule has 0 spiro atoms. The van der Waals surface area contributed by atoms with E-state index in [-0.39, 0.29) is 29.3 Å². The maximum atomic E-state index is 13.4. The number of hydrogen-bond donors (Lipinski definition) is 1. The summed E-state index contributed by atoms with van der Waals surface area (Å²) in [5, 5.41) is 6.97. The van der Waals surface area contributed by atoms with Gasteiger partial charge < -0.3 is 10.1 Å². The number of nitrogens with zero attached hydrogens (tertiary/aromatic N) is 4. The smallest absolute Gasteiger partial charge is 0.280 e. The number of hydrogen-bond acceptors (Lipinski definition) is 5. The first-order chi connectivity index (χ1) is 13.0. The molecule has 1 aliphatic heterocycles. The molecule has 27 heavy (non-hydrogen) atoms. The summed E-state index contributed by atoms with van der Waals surface area (Å²) in [7, 11) is 0. The van der Waals surface area contributed by atoms with E-state index in [0.29, 0.717) is 31.1 Å². The van der Waals surface area contributed by atoms with Crippen molar-refractivity contribution >= 4 is 11.6 Å². The Hall–Kier alpha value is -2.13. The summed E-state index contributed by atoms with van der Waals surface area (Å²) in [6, 6.07) is 2.80. The van der Waals surface area contributed by atoms with E-state index in [1.165, 1.54) is 12.1 Å². The van der Waals surface area contributed by atoms with E-state index in [0.717, 1.165) is 30.4 Å². The van der Waals surface area contributed by atoms with Crippen LogP contribution in [-0.4, -0.2) is 64.3 Å². The predicted molar refractivity (Wildman–Crippen MR) is 94.1 cm³/mol. The molecule has 0 aromatic carbocycles. The summed E-state index contributed by atoms with van der Waals surface area (Å²) in [4.78, 5) is 19.2. The van der Waals surface area contributed by atoms with Gasteiger partial charge in [0, 0.05) is 43.4 Å². The lowest BCUT2D eigenvalue weighted by Crippen LogP contribution is -2.46. The number of fused-ring (bicyclic) bond motifs is 1. The van der Waals surface area contributed by atoms with Gasteiger partial charge in [0.05, 0.1) is 13.2 Å². The Labute approximate surface area is 155 Å². The van der Waals surface area contributed by atoms with Crippen molar-refractivity contribution in [2.75, 3.05) is 32.8 Å². The molecule has 0 bridgehead atoms. The van der Waals surface area contributed by atoms with Crippen molar-refractivity contribution in [1.29, 1.82) is 0 Å². The Morgan fingerprint density at radius 2 is 2.07 bits per heavy atom. The van der Waals surface area contributed by atoms with Gasteiger partial charge in [-0.1, -0.05) is 0 Å². The SMILES string of the molecule is C[C@H](CN1CCOCC1)NC(=O)c1cc2nc(C3CC3)cc(C(F)F)n2n1. The number of carbonyl (C=O) groups is 1. The van der Waals surface area contributed by atoms with E-state index in [4.69, 9.17) is 4.74 Å². The molecule has 0 radical (unpaired) electrons. The number of amides is 1. The molecule has 0 unspecified atom stereocenters. The number of alkyl halides is 2. The fraction of sp³-hybridized carbons (Fsp3) is 0.611. The Bertz CT molecular complexity index is 831. The Morgan fingerprint density at radius 1 is 1.33 bits per heavy atom. The Kier molecular flexibility index (Phi) is 5.05. The average molecular weight is 379 g/mol. The molecule has 2 aliphatic rings. The molecule has 9 heteroatoms. The molecule has 2 fully saturated rings. The van der Waals surface area contributed by atoms with Gasteiger partial charge in [0.15, 0.2) is 11.3 Å². The van der Waals surface area contributed by atoms with Gasteiger partial charge in [0.1, 0.15) is 5.69 Å². The van der Waals surface area contributed by atoms with Gasteiger partial charge in [-0.3, -0.25) is 9.69 Å². The van der Waals surface area contributed by atoms with E-state index < -0.39 is 6.43 Å². The van der Waals surface area contributed by atoms with Crippen molar-refractivity contribution in [3.63, 3.8) is 0 Å². The summed E-state index contributed by atoms with van der Waals surface area (Å²) in [6.45, 7) is 5.67. The highest BCUT2D eigenvalue weighted by atomic mass is 19.3. The maximum absolute atomic E-state index is 13.4. The molecule has 2 aromatic heterocycles. The molecule has 1 atom stereocenters. The molecule has 146 valence electrons. The maximum Gasteiger partial charge on any atom is 0.280 e. The van der Waals surface area contributed by atoms with E-state index in [9.17, 15) is 13.6 Å². The third kappa shape index (κ3) is 4.08. The second-order valence-electron chi connectivity index (χ2n) is 7.27. The van der Waals surface area contributed by atoms with Crippen LogP contribution in [0.3, 0.4) is 0 Å². The number of ether oxygens (including phenoxy) is 1. The average Bonchev–Trinajstić information content (AvgIpc) is 3.40. The van der Waals surface area contributed by atoms with Crippen LogP contribution in [0.15, 0.2) is 12.1 Å². The number of nitrogens with one attached hydrogen (secondary N) is 1. The zero-order chi connectivity index (χ0) is 19.0. The van der Waals surface area contributed by atoms with Gasteiger partial charge in [0.2, 0.25) is 0 Å². The molecule has 2 aromatic rings. The minimum atomic E-state index is -2.68. The third-order valence-corrected chi connectivity index (χ3v) is 4.94. The summed E-state index contributed by atoms with van der Waals surface area (Å²) >= 11 is 0. The van der Waals surface area contributed by atoms with Crippen LogP contribution in [0.5, 0.6) is 0 Å². The second kappa shape index (κ2) is 7.47. The van der Waals surface area contributed by atoms with Gasteiger partial charge in [-0.2, -0.15) is 5.10 Å². The monoisotopic (exact) mass is 379 g/mol. The van der Waals surface area contributed by atoms with Crippen LogP contribution in [0.25, 0.3) is 5.65 Å². The zero-order valence-electron chi connectivity index (χ0n) is 15.2. The topological polar surface area (TPSA) is 71.8 Å². The van der Waals surface area contributed by atoms with Crippen LogP contribution >= 0.6 is 0 Å². The molecule has 1 N–H and O–H groups in total. The van der Waals surface area contributed by atoms with Gasteiger partial charge in [-0.05, 0) is 25.8 Å². The largest absolute Gasteiger partial charge is 0.379 e. The van der Waals surface area contributed by atoms with Gasteiger partial charge in [0.25, 0.3) is 12.3 Å². The van der Waals surface area contributed by atoms with Gasteiger partial charge in [-0.25, -0.2) is 18.3 Å². The van der Waals surface area contributed by atoms with Crippen LogP contribution in [0.4, 0.5) is 8.78 Å². The van der Waals surface area contributed by atoms with Crippen LogP contribution in [0.1, 0.15) is 54.0 Å². The van der Waals surface area contributed by atoms with E-state index in [1.54, 1.807) is 0 Å². The number of morpholine rings is 1. The highest BCUT2D eigenvalue weighted by Gasteiger charge is 2.28. The summed E-state index contributed by atoms with van der Waals surface area (Å²) in [5.41, 5.74) is 0.833. The number of rotatable bonds is 6. The molecule has 1 saturated carbocycles. The van der Waals surface area contributed by atoms with Crippen LogP contribution < -0.4 is 5.32 Å².